The van der Waals surface area contributed by atoms with Crippen LogP contribution >= 0.6 is 0 Å². The van der Waals surface area contributed by atoms with Gasteiger partial charge in [0.05, 0.1) is 0 Å². The van der Waals surface area contributed by atoms with E-state index < -0.39 is 0 Å². The van der Waals surface area contributed by atoms with Crippen molar-refractivity contribution in [3.63, 3.8) is 0 Å². The van der Waals surface area contributed by atoms with Gasteiger partial charge in [0.25, 0.3) is 0 Å². The molecule has 0 aromatic carbocycles. The molecular formula is C36H75N. The average Bonchev–Trinajstić information content (AvgIpc) is 2.87. The summed E-state index contributed by atoms with van der Waals surface area (Å²) >= 11 is 0. The molecule has 0 fully saturated rings. The van der Waals surface area contributed by atoms with Gasteiger partial charge < -0.3 is 4.90 Å². The van der Waals surface area contributed by atoms with Gasteiger partial charge in [-0.3, -0.25) is 0 Å². The van der Waals surface area contributed by atoms with Gasteiger partial charge in [0, 0.05) is 0 Å². The molecule has 0 spiro atoms. The first-order valence-electron chi connectivity index (χ1n) is 17.8. The molecule has 0 aliphatic rings. The van der Waals surface area contributed by atoms with Crippen LogP contribution in [0.3, 0.4) is 0 Å². The van der Waals surface area contributed by atoms with Crippen molar-refractivity contribution in [2.45, 2.75) is 202 Å². The summed E-state index contributed by atoms with van der Waals surface area (Å²) in [5, 5.41) is 0. The zero-order chi connectivity index (χ0) is 27.2. The summed E-state index contributed by atoms with van der Waals surface area (Å²) in [6, 6.07) is 0. The van der Waals surface area contributed by atoms with Crippen LogP contribution in [0.5, 0.6) is 0 Å². The predicted molar refractivity (Wildman–Crippen MR) is 172 cm³/mol. The van der Waals surface area contributed by atoms with Crippen LogP contribution in [0.4, 0.5) is 0 Å². The van der Waals surface area contributed by atoms with Gasteiger partial charge in [-0.1, -0.05) is 189 Å². The summed E-state index contributed by atoms with van der Waals surface area (Å²) in [7, 11) is 0. The fourth-order valence-electron chi connectivity index (χ4n) is 5.74. The Hall–Kier alpha value is -0.0400. The predicted octanol–water partition coefficient (Wildman–Crippen LogP) is 12.8. The van der Waals surface area contributed by atoms with Crippen molar-refractivity contribution >= 4 is 0 Å². The number of hydrogen-bond acceptors (Lipinski definition) is 1. The van der Waals surface area contributed by atoms with E-state index in [0.29, 0.717) is 0 Å². The zero-order valence-corrected chi connectivity index (χ0v) is 27.1. The second kappa shape index (κ2) is 30.5. The number of nitrogens with zero attached hydrogens (tertiary/aromatic N) is 1. The Labute approximate surface area is 237 Å². The molecule has 0 bridgehead atoms. The molecule has 0 radical (unpaired) electrons. The largest absolute Gasteiger partial charge is 0.304 e. The molecule has 0 unspecified atom stereocenters. The van der Waals surface area contributed by atoms with Crippen molar-refractivity contribution < 1.29 is 0 Å². The zero-order valence-electron chi connectivity index (χ0n) is 27.1. The Morgan fingerprint density at radius 3 is 0.757 bits per heavy atom. The van der Waals surface area contributed by atoms with E-state index in [-0.39, 0.29) is 0 Å². The van der Waals surface area contributed by atoms with Crippen LogP contribution in [0.15, 0.2) is 0 Å². The van der Waals surface area contributed by atoms with E-state index in [2.05, 4.69) is 39.5 Å². The van der Waals surface area contributed by atoms with Crippen LogP contribution in [0, 0.1) is 11.8 Å². The van der Waals surface area contributed by atoms with E-state index in [9.17, 15) is 0 Å². The highest BCUT2D eigenvalue weighted by Crippen LogP contribution is 2.16. The first kappa shape index (κ1) is 37.0. The molecule has 0 aliphatic carbocycles. The Kier molecular flexibility index (Phi) is 30.5. The lowest BCUT2D eigenvalue weighted by Gasteiger charge is -2.20. The van der Waals surface area contributed by atoms with Crippen molar-refractivity contribution in [3.05, 3.63) is 0 Å². The Morgan fingerprint density at radius 2 is 0.541 bits per heavy atom. The Bertz CT molecular complexity index is 365. The van der Waals surface area contributed by atoms with Gasteiger partial charge in [0.1, 0.15) is 0 Å². The van der Waals surface area contributed by atoms with Gasteiger partial charge in [-0.05, 0) is 44.3 Å². The lowest BCUT2D eigenvalue weighted by atomic mass is 10.0. The molecular weight excluding hydrogens is 446 g/mol. The summed E-state index contributed by atoms with van der Waals surface area (Å²) < 4.78 is 0. The third-order valence-electron chi connectivity index (χ3n) is 8.46. The highest BCUT2D eigenvalue weighted by Gasteiger charge is 2.02. The first-order valence-corrected chi connectivity index (χ1v) is 17.8. The third-order valence-corrected chi connectivity index (χ3v) is 8.46. The minimum absolute atomic E-state index is 0.892. The van der Waals surface area contributed by atoms with Crippen LogP contribution in [0.1, 0.15) is 202 Å². The van der Waals surface area contributed by atoms with Crippen LogP contribution in [0.25, 0.3) is 0 Å². The standard InChI is InChI=1S/C36H75N/c1-6-37(33-29-25-21-17-13-9-7-11-15-19-23-27-31-35(2)3)34-30-26-22-18-14-10-8-12-16-20-24-28-32-36(4)5/h35-36H,6-34H2,1-5H3. The fraction of sp³-hybridized carbons (Fsp3) is 1.00. The minimum Gasteiger partial charge on any atom is -0.304 e. The normalized spacial score (nSPS) is 12.0. The summed E-state index contributed by atoms with van der Waals surface area (Å²) in [6.45, 7) is 15.7. The maximum absolute atomic E-state index is 2.71. The molecule has 37 heavy (non-hydrogen) atoms. The Balaban J connectivity index is 3.27. The third kappa shape index (κ3) is 32.1. The van der Waals surface area contributed by atoms with Crippen molar-refractivity contribution in [2.75, 3.05) is 19.6 Å². The van der Waals surface area contributed by atoms with Gasteiger partial charge in [-0.2, -0.15) is 0 Å². The van der Waals surface area contributed by atoms with Crippen LogP contribution < -0.4 is 0 Å². The maximum atomic E-state index is 2.71. The average molecular weight is 522 g/mol. The summed E-state index contributed by atoms with van der Waals surface area (Å²) in [5.41, 5.74) is 0. The molecule has 0 aliphatic heterocycles. The van der Waals surface area contributed by atoms with Crippen molar-refractivity contribution in [2.24, 2.45) is 11.8 Å². The second-order valence-corrected chi connectivity index (χ2v) is 13.3. The van der Waals surface area contributed by atoms with Crippen LogP contribution in [0.2, 0.25) is 0 Å². The van der Waals surface area contributed by atoms with Crippen molar-refractivity contribution in [1.82, 2.24) is 4.90 Å². The van der Waals surface area contributed by atoms with E-state index >= 15 is 0 Å². The quantitative estimate of drug-likeness (QED) is 0.0820. The monoisotopic (exact) mass is 522 g/mol. The first-order chi connectivity index (χ1) is 18.1. The van der Waals surface area contributed by atoms with Crippen molar-refractivity contribution in [3.8, 4) is 0 Å². The number of unbranched alkanes of at least 4 members (excludes halogenated alkanes) is 22. The van der Waals surface area contributed by atoms with Gasteiger partial charge in [-0.15, -0.1) is 0 Å². The smallest absolute Gasteiger partial charge is 0.00189 e. The molecule has 0 atom stereocenters. The summed E-state index contributed by atoms with van der Waals surface area (Å²) in [6.07, 6.45) is 38.0. The number of rotatable bonds is 31. The molecule has 0 aromatic heterocycles. The van der Waals surface area contributed by atoms with E-state index in [4.69, 9.17) is 0 Å². The highest BCUT2D eigenvalue weighted by atomic mass is 15.1. The lowest BCUT2D eigenvalue weighted by Crippen LogP contribution is -2.25. The summed E-state index contributed by atoms with van der Waals surface area (Å²) in [5.74, 6) is 1.78. The topological polar surface area (TPSA) is 3.24 Å². The lowest BCUT2D eigenvalue weighted by molar-refractivity contribution is 0.273. The summed E-state index contributed by atoms with van der Waals surface area (Å²) in [4.78, 5) is 2.71. The van der Waals surface area contributed by atoms with E-state index in [1.807, 2.05) is 0 Å². The maximum Gasteiger partial charge on any atom is -0.00189 e. The SMILES string of the molecule is CCN(CCCCCCCCCCCCCCC(C)C)CCCCCCCCCCCCCCC(C)C. The van der Waals surface area contributed by atoms with E-state index in [1.54, 1.807) is 0 Å². The molecule has 0 saturated carbocycles. The molecule has 1 heteroatoms. The molecule has 0 rings (SSSR count). The molecule has 0 N–H and O–H groups in total. The van der Waals surface area contributed by atoms with Gasteiger partial charge >= 0.3 is 0 Å². The van der Waals surface area contributed by atoms with Crippen molar-refractivity contribution in [1.29, 1.82) is 0 Å². The van der Waals surface area contributed by atoms with Gasteiger partial charge in [0.2, 0.25) is 0 Å². The molecule has 1 nitrogen and oxygen atoms in total. The fourth-order valence-corrected chi connectivity index (χ4v) is 5.74. The minimum atomic E-state index is 0.892. The highest BCUT2D eigenvalue weighted by molar-refractivity contribution is 4.58. The van der Waals surface area contributed by atoms with E-state index in [0.717, 1.165) is 11.8 Å². The second-order valence-electron chi connectivity index (χ2n) is 13.3. The molecule has 0 aromatic rings. The Morgan fingerprint density at radius 1 is 0.324 bits per heavy atom. The molecule has 0 amide bonds. The van der Waals surface area contributed by atoms with Gasteiger partial charge in [0.15, 0.2) is 0 Å². The number of hydrogen-bond donors (Lipinski definition) is 0. The molecule has 0 saturated heterocycles. The molecule has 224 valence electrons. The van der Waals surface area contributed by atoms with E-state index in [1.165, 1.54) is 187 Å². The van der Waals surface area contributed by atoms with Gasteiger partial charge in [-0.25, -0.2) is 0 Å². The van der Waals surface area contributed by atoms with Crippen LogP contribution in [-0.2, 0) is 0 Å². The molecule has 0 heterocycles. The van der Waals surface area contributed by atoms with Crippen LogP contribution in [-0.4, -0.2) is 24.5 Å².